The van der Waals surface area contributed by atoms with Crippen molar-refractivity contribution in [2.45, 2.75) is 13.8 Å². The van der Waals surface area contributed by atoms with E-state index < -0.39 is 0 Å². The summed E-state index contributed by atoms with van der Waals surface area (Å²) in [6.45, 7) is 7.82. The van der Waals surface area contributed by atoms with Crippen molar-refractivity contribution in [3.05, 3.63) is 29.3 Å². The van der Waals surface area contributed by atoms with Gasteiger partial charge in [-0.25, -0.2) is 4.98 Å². The number of hydrogen-bond donors (Lipinski definition) is 1. The lowest BCUT2D eigenvalue weighted by Crippen LogP contribution is -1.81. The van der Waals surface area contributed by atoms with Crippen molar-refractivity contribution < 1.29 is 0 Å². The van der Waals surface area contributed by atoms with Gasteiger partial charge in [0.2, 0.25) is 0 Å². The Kier molecular flexibility index (Phi) is 2.65. The first-order valence-corrected chi connectivity index (χ1v) is 4.51. The van der Waals surface area contributed by atoms with Crippen LogP contribution < -0.4 is 5.73 Å². The molecule has 0 aliphatic heterocycles. The number of rotatable bonds is 2. The van der Waals surface area contributed by atoms with Crippen molar-refractivity contribution in [2.24, 2.45) is 0 Å². The van der Waals surface area contributed by atoms with E-state index in [1.165, 1.54) is 11.3 Å². The number of aromatic nitrogens is 1. The van der Waals surface area contributed by atoms with Crippen LogP contribution in [0.5, 0.6) is 0 Å². The molecule has 0 amide bonds. The molecule has 0 fully saturated rings. The van der Waals surface area contributed by atoms with Gasteiger partial charge in [0, 0.05) is 0 Å². The van der Waals surface area contributed by atoms with Gasteiger partial charge in [0.05, 0.1) is 10.6 Å². The molecule has 0 radical (unpaired) electrons. The third kappa shape index (κ3) is 1.74. The second-order valence-electron chi connectivity index (χ2n) is 2.49. The van der Waals surface area contributed by atoms with Gasteiger partial charge in [0.15, 0.2) is 5.13 Å². The van der Waals surface area contributed by atoms with Gasteiger partial charge in [-0.1, -0.05) is 30.1 Å². The molecule has 12 heavy (non-hydrogen) atoms. The Morgan fingerprint density at radius 2 is 2.33 bits per heavy atom. The summed E-state index contributed by atoms with van der Waals surface area (Å²) < 4.78 is 0. The first kappa shape index (κ1) is 9.00. The summed E-state index contributed by atoms with van der Waals surface area (Å²) in [6, 6.07) is 0. The van der Waals surface area contributed by atoms with Crippen molar-refractivity contribution >= 4 is 22.0 Å². The predicted molar refractivity (Wildman–Crippen MR) is 55.1 cm³/mol. The SMILES string of the molecule is C=C(/C=C\C)c1sc(N)nc1C. The molecular formula is C9H12N2S. The molecule has 1 rings (SSSR count). The summed E-state index contributed by atoms with van der Waals surface area (Å²) in [7, 11) is 0. The van der Waals surface area contributed by atoms with Crippen LogP contribution in [0.2, 0.25) is 0 Å². The van der Waals surface area contributed by atoms with Gasteiger partial charge in [0.1, 0.15) is 0 Å². The highest BCUT2D eigenvalue weighted by atomic mass is 32.1. The molecule has 1 aromatic rings. The van der Waals surface area contributed by atoms with Crippen LogP contribution in [0.3, 0.4) is 0 Å². The maximum absolute atomic E-state index is 5.56. The molecule has 0 aliphatic carbocycles. The van der Waals surface area contributed by atoms with Crippen LogP contribution in [-0.2, 0) is 0 Å². The lowest BCUT2D eigenvalue weighted by Gasteiger charge is -1.94. The lowest BCUT2D eigenvalue weighted by molar-refractivity contribution is 1.26. The molecule has 0 bridgehead atoms. The van der Waals surface area contributed by atoms with Crippen LogP contribution in [0.15, 0.2) is 18.7 Å². The van der Waals surface area contributed by atoms with Crippen molar-refractivity contribution in [3.8, 4) is 0 Å². The summed E-state index contributed by atoms with van der Waals surface area (Å²) in [5, 5.41) is 0.605. The van der Waals surface area contributed by atoms with Crippen molar-refractivity contribution in [2.75, 3.05) is 5.73 Å². The summed E-state index contributed by atoms with van der Waals surface area (Å²) in [6.07, 6.45) is 3.91. The molecule has 0 atom stereocenters. The maximum Gasteiger partial charge on any atom is 0.180 e. The molecule has 0 unspecified atom stereocenters. The van der Waals surface area contributed by atoms with E-state index in [0.29, 0.717) is 5.13 Å². The highest BCUT2D eigenvalue weighted by Crippen LogP contribution is 2.26. The zero-order chi connectivity index (χ0) is 9.14. The number of anilines is 1. The van der Waals surface area contributed by atoms with Gasteiger partial charge < -0.3 is 5.73 Å². The molecule has 1 heterocycles. The van der Waals surface area contributed by atoms with E-state index in [4.69, 9.17) is 5.73 Å². The molecule has 64 valence electrons. The van der Waals surface area contributed by atoms with Crippen LogP contribution in [0.1, 0.15) is 17.5 Å². The van der Waals surface area contributed by atoms with E-state index >= 15 is 0 Å². The topological polar surface area (TPSA) is 38.9 Å². The minimum Gasteiger partial charge on any atom is -0.375 e. The Bertz CT molecular complexity index is 323. The van der Waals surface area contributed by atoms with E-state index in [2.05, 4.69) is 11.6 Å². The highest BCUT2D eigenvalue weighted by molar-refractivity contribution is 7.16. The molecular weight excluding hydrogens is 168 g/mol. The smallest absolute Gasteiger partial charge is 0.180 e. The number of hydrogen-bond acceptors (Lipinski definition) is 3. The van der Waals surface area contributed by atoms with Crippen LogP contribution in [0, 0.1) is 6.92 Å². The summed E-state index contributed by atoms with van der Waals surface area (Å²) in [5.74, 6) is 0. The average Bonchev–Trinajstić information content (AvgIpc) is 2.30. The fraction of sp³-hybridized carbons (Fsp3) is 0.222. The molecule has 0 aliphatic rings. The van der Waals surface area contributed by atoms with E-state index in [1.54, 1.807) is 0 Å². The minimum atomic E-state index is 0.605. The molecule has 1 aromatic heterocycles. The Balaban J connectivity index is 3.02. The van der Waals surface area contributed by atoms with E-state index in [0.717, 1.165) is 16.1 Å². The molecule has 2 nitrogen and oxygen atoms in total. The number of nitrogens with zero attached hydrogens (tertiary/aromatic N) is 1. The molecule has 0 aromatic carbocycles. The first-order valence-electron chi connectivity index (χ1n) is 3.70. The minimum absolute atomic E-state index is 0.605. The Labute approximate surface area is 76.4 Å². The molecule has 0 spiro atoms. The summed E-state index contributed by atoms with van der Waals surface area (Å²) in [4.78, 5) is 5.19. The van der Waals surface area contributed by atoms with Crippen LogP contribution in [0.4, 0.5) is 5.13 Å². The van der Waals surface area contributed by atoms with Crippen LogP contribution in [-0.4, -0.2) is 4.98 Å². The van der Waals surface area contributed by atoms with E-state index in [-0.39, 0.29) is 0 Å². The number of aryl methyl sites for hydroxylation is 1. The Morgan fingerprint density at radius 3 is 2.75 bits per heavy atom. The maximum atomic E-state index is 5.56. The number of allylic oxidation sites excluding steroid dienone is 3. The lowest BCUT2D eigenvalue weighted by atomic mass is 10.2. The summed E-state index contributed by atoms with van der Waals surface area (Å²) in [5.41, 5.74) is 7.49. The average molecular weight is 180 g/mol. The largest absolute Gasteiger partial charge is 0.375 e. The van der Waals surface area contributed by atoms with Gasteiger partial charge >= 0.3 is 0 Å². The normalized spacial score (nSPS) is 10.8. The second-order valence-corrected chi connectivity index (χ2v) is 3.52. The predicted octanol–water partition coefficient (Wildman–Crippen LogP) is 2.62. The number of nitrogens with two attached hydrogens (primary N) is 1. The fourth-order valence-electron chi connectivity index (χ4n) is 0.992. The van der Waals surface area contributed by atoms with E-state index in [9.17, 15) is 0 Å². The molecule has 0 saturated heterocycles. The van der Waals surface area contributed by atoms with E-state index in [1.807, 2.05) is 26.0 Å². The van der Waals surface area contributed by atoms with Crippen LogP contribution in [0.25, 0.3) is 5.57 Å². The van der Waals surface area contributed by atoms with Gasteiger partial charge in [0.25, 0.3) is 0 Å². The van der Waals surface area contributed by atoms with Gasteiger partial charge in [-0.05, 0) is 19.4 Å². The Hall–Kier alpha value is -1.09. The van der Waals surface area contributed by atoms with Gasteiger partial charge in [-0.15, -0.1) is 0 Å². The number of nitrogen functional groups attached to an aromatic ring is 1. The standard InChI is InChI=1S/C9H12N2S/c1-4-5-6(2)8-7(3)11-9(10)12-8/h4-5H,2H2,1,3H3,(H2,10,11)/b5-4-. The third-order valence-corrected chi connectivity index (χ3v) is 2.53. The molecule has 2 N–H and O–H groups in total. The van der Waals surface area contributed by atoms with Gasteiger partial charge in [-0.3, -0.25) is 0 Å². The highest BCUT2D eigenvalue weighted by Gasteiger charge is 2.05. The van der Waals surface area contributed by atoms with Crippen molar-refractivity contribution in [1.82, 2.24) is 4.98 Å². The van der Waals surface area contributed by atoms with Crippen molar-refractivity contribution in [3.63, 3.8) is 0 Å². The molecule has 0 saturated carbocycles. The zero-order valence-corrected chi connectivity index (χ0v) is 8.11. The molecule has 3 heteroatoms. The van der Waals surface area contributed by atoms with Gasteiger partial charge in [-0.2, -0.15) is 0 Å². The number of thiazole rings is 1. The first-order chi connectivity index (χ1) is 5.65. The second kappa shape index (κ2) is 3.54. The Morgan fingerprint density at radius 1 is 1.67 bits per heavy atom. The van der Waals surface area contributed by atoms with Crippen LogP contribution >= 0.6 is 11.3 Å². The quantitative estimate of drug-likeness (QED) is 0.710. The fourth-order valence-corrected chi connectivity index (χ4v) is 1.78. The monoisotopic (exact) mass is 180 g/mol. The summed E-state index contributed by atoms with van der Waals surface area (Å²) >= 11 is 1.48. The zero-order valence-electron chi connectivity index (χ0n) is 7.29. The third-order valence-electron chi connectivity index (χ3n) is 1.47. The van der Waals surface area contributed by atoms with Crippen molar-refractivity contribution in [1.29, 1.82) is 0 Å².